The van der Waals surface area contributed by atoms with Crippen molar-refractivity contribution in [1.29, 1.82) is 0 Å². The molecule has 1 aromatic heterocycles. The number of nitrogens with zero attached hydrogens (tertiary/aromatic N) is 8. The summed E-state index contributed by atoms with van der Waals surface area (Å²) in [5, 5.41) is 8.69. The predicted molar refractivity (Wildman–Crippen MR) is 382 cm³/mol. The van der Waals surface area contributed by atoms with Gasteiger partial charge >= 0.3 is 86.2 Å². The smallest absolute Gasteiger partial charge is 0.410 e. The number of amides is 5. The molecule has 36 heteroatoms. The fourth-order valence-electron chi connectivity index (χ4n) is 9.80. The largest absolute Gasteiger partial charge is 0.481 e. The van der Waals surface area contributed by atoms with Gasteiger partial charge in [0.1, 0.15) is 40.0 Å². The number of carbonyl (C=O) groups excluding carboxylic acids is 10. The molecular formula is C71H119F4N8O23P. The number of ketones is 1. The van der Waals surface area contributed by atoms with Crippen LogP contribution in [0.5, 0.6) is 0 Å². The molecule has 0 spiro atoms. The zero-order valence-corrected chi connectivity index (χ0v) is 67.3. The first-order valence-electron chi connectivity index (χ1n) is 35.7. The topological polar surface area (TPSA) is 372 Å². The normalized spacial score (nSPS) is 16.1. The van der Waals surface area contributed by atoms with E-state index in [1.807, 2.05) is 111 Å². The Morgan fingerprint density at radius 2 is 0.710 bits per heavy atom. The van der Waals surface area contributed by atoms with E-state index in [0.29, 0.717) is 130 Å². The number of rotatable bonds is 14. The molecule has 614 valence electrons. The molecule has 0 aromatic carbocycles. The number of likely N-dealkylation sites (tertiary alicyclic amines) is 5. The molecule has 5 aliphatic rings. The van der Waals surface area contributed by atoms with E-state index in [1.54, 1.807) is 38.3 Å². The van der Waals surface area contributed by atoms with E-state index in [4.69, 9.17) is 38.3 Å². The van der Waals surface area contributed by atoms with Gasteiger partial charge < -0.3 is 76.5 Å². The van der Waals surface area contributed by atoms with Crippen molar-refractivity contribution >= 4 is 73.8 Å². The number of aliphatic carboxylic acids is 1. The second kappa shape index (κ2) is 48.6. The van der Waals surface area contributed by atoms with E-state index in [9.17, 15) is 74.9 Å². The Kier molecular flexibility index (Phi) is 45.0. The lowest BCUT2D eigenvalue weighted by atomic mass is 9.94. The molecule has 0 bridgehead atoms. The molecule has 0 radical (unpaired) electrons. The fraction of sp³-hybridized carbons (Fsp3) is 0.775. The Morgan fingerprint density at radius 1 is 0.439 bits per heavy atom. The number of hydrogen-bond donors (Lipinski definition) is 1. The molecular weight excluding hydrogens is 1440 g/mol. The van der Waals surface area contributed by atoms with Gasteiger partial charge in [-0.15, -0.1) is 0 Å². The second-order valence-corrected chi connectivity index (χ2v) is 32.3. The van der Waals surface area contributed by atoms with Crippen LogP contribution in [0.3, 0.4) is 0 Å². The molecule has 1 aromatic rings. The van der Waals surface area contributed by atoms with Crippen LogP contribution in [-0.4, -0.2) is 244 Å². The third-order valence-corrected chi connectivity index (χ3v) is 16.6. The molecule has 5 saturated heterocycles. The number of Topliss-reactive ketones (excluding diaryl/α,β-unsaturated/α-hetero) is 1. The van der Waals surface area contributed by atoms with Gasteiger partial charge in [-0.05, 0) is 194 Å². The maximum atomic E-state index is 12.2. The number of hydrogen-bond acceptors (Lipinski definition) is 25. The number of carboxylic acids is 1. The van der Waals surface area contributed by atoms with Gasteiger partial charge in [-0.2, -0.15) is 32.5 Å². The fourth-order valence-corrected chi connectivity index (χ4v) is 10.6. The number of piperidine rings is 5. The molecule has 5 aliphatic heterocycles. The first-order valence-corrected chi connectivity index (χ1v) is 37.5. The average molecular weight is 1560 g/mol. The Balaban J connectivity index is 0.00000124. The number of halogens is 4. The summed E-state index contributed by atoms with van der Waals surface area (Å²) in [7, 11) is -0.790. The molecule has 0 saturated carbocycles. The van der Waals surface area contributed by atoms with Crippen molar-refractivity contribution in [3.8, 4) is 0 Å². The molecule has 0 unspecified atom stereocenters. The first kappa shape index (κ1) is 99.2. The molecule has 31 nitrogen and oxygen atoms in total. The maximum absolute atomic E-state index is 12.2. The molecule has 6 heterocycles. The zero-order valence-electron chi connectivity index (χ0n) is 66.4. The monoisotopic (exact) mass is 1560 g/mol. The van der Waals surface area contributed by atoms with Gasteiger partial charge in [0, 0.05) is 118 Å². The van der Waals surface area contributed by atoms with Crippen molar-refractivity contribution in [1.82, 2.24) is 39.5 Å². The quantitative estimate of drug-likeness (QED) is 0.0451. The first-order chi connectivity index (χ1) is 49.3. The van der Waals surface area contributed by atoms with Crippen LogP contribution in [-0.2, 0) is 80.3 Å². The maximum Gasteiger partial charge on any atom is 0.410 e. The lowest BCUT2D eigenvalue weighted by Crippen LogP contribution is -2.42. The third-order valence-electron chi connectivity index (χ3n) is 14.8. The summed E-state index contributed by atoms with van der Waals surface area (Å²) < 4.78 is 108. The Hall–Kier alpha value is -7.81. The molecule has 6 rings (SSSR count). The van der Waals surface area contributed by atoms with E-state index >= 15 is 0 Å². The standard InChI is InChI=1S/C14H25NO4.C14H23NO4.C12H20FNO3.C12H21NO4.C10H17NO3.C6H13O5P.C3F3N3/c2*1-5-18-12(16)10-11-6-8-15(9-7-11)13(17)19-14(2,3)4;1-12(2,3)17-11(16)14-6-4-9(5-7-14)8-10(13)15;1-12(2,3)17-11(16)13-6-4-9(5-7-13)8-10(14)15;1-10(2,3)14-9(13)11-6-4-8(12)5-7-11;1-4-11-6(7)5-12(8,9-2)10-3;4-1-7-2(5)9-3(6)8-1/h11H,5-10H2,1-4H3;10H,5-9H2,1-4H3;9H,4-8H2,1-3H3;9H,4-8H2,1-3H3,(H,14,15);4-7H2,1-3H3;4-5H2,1-3H3;. The summed E-state index contributed by atoms with van der Waals surface area (Å²) in [4.78, 5) is 140. The van der Waals surface area contributed by atoms with Crippen LogP contribution in [0.25, 0.3) is 0 Å². The van der Waals surface area contributed by atoms with Crippen LogP contribution in [0.4, 0.5) is 41.5 Å². The number of esters is 3. The van der Waals surface area contributed by atoms with Gasteiger partial charge in [0.25, 0.3) is 0 Å². The summed E-state index contributed by atoms with van der Waals surface area (Å²) in [6.45, 7) is 39.6. The molecule has 107 heavy (non-hydrogen) atoms. The van der Waals surface area contributed by atoms with E-state index in [-0.39, 0.29) is 85.6 Å². The van der Waals surface area contributed by atoms with Gasteiger partial charge in [0.05, 0.1) is 19.8 Å². The van der Waals surface area contributed by atoms with E-state index in [2.05, 4.69) is 28.7 Å². The van der Waals surface area contributed by atoms with Crippen molar-refractivity contribution in [2.24, 2.45) is 17.8 Å². The summed E-state index contributed by atoms with van der Waals surface area (Å²) in [5.41, 5.74) is -1.34. The third kappa shape index (κ3) is 49.7. The van der Waals surface area contributed by atoms with Crippen molar-refractivity contribution in [2.75, 3.05) is 106 Å². The number of carbonyl (C=O) groups is 11. The van der Waals surface area contributed by atoms with Crippen LogP contribution >= 0.6 is 7.60 Å². The molecule has 0 atom stereocenters. The average Bonchev–Trinajstić information content (AvgIpc) is 0.884. The lowest BCUT2D eigenvalue weighted by molar-refractivity contribution is -0.145. The van der Waals surface area contributed by atoms with Crippen LogP contribution in [0.1, 0.15) is 208 Å². The van der Waals surface area contributed by atoms with Crippen molar-refractivity contribution < 1.29 is 127 Å². The van der Waals surface area contributed by atoms with Gasteiger partial charge in [0.15, 0.2) is 0 Å². The van der Waals surface area contributed by atoms with Crippen LogP contribution < -0.4 is 0 Å². The summed E-state index contributed by atoms with van der Waals surface area (Å²) >= 11 is 0. The zero-order chi connectivity index (χ0) is 82.3. The van der Waals surface area contributed by atoms with E-state index in [1.165, 1.54) is 20.3 Å². The molecule has 5 amide bonds. The second-order valence-electron chi connectivity index (χ2n) is 30.0. The minimum atomic E-state index is -3.24. The summed E-state index contributed by atoms with van der Waals surface area (Å²) in [6, 6.07) is -1.26. The SMILES string of the molecule is CC(C)(C)OC(=O)N1CCC(=O)CC1.CC(C)(C)OC(=O)N1CCC(CC(=O)F)CC1.CC(C)(C)OC(=O)N1CCC(CC(=O)O)CC1.CCOC(=O)C=C1CCN(C(=O)OC(C)(C)C)CC1.CCOC(=O)CC1CCN(C(=O)OC(C)(C)C)CC1.CCOC(=O)CP(=O)(OC)OC.Fc1nc(F)nc(F)n1. The van der Waals surface area contributed by atoms with Crippen LogP contribution in [0.2, 0.25) is 0 Å². The van der Waals surface area contributed by atoms with Gasteiger partial charge in [0.2, 0.25) is 0 Å². The Bertz CT molecular complexity index is 2920. The number of carboxylic acid groups (broad SMARTS) is 1. The van der Waals surface area contributed by atoms with Gasteiger partial charge in [-0.25, -0.2) is 28.8 Å². The predicted octanol–water partition coefficient (Wildman–Crippen LogP) is 12.6. The lowest BCUT2D eigenvalue weighted by Gasteiger charge is -2.33. The molecule has 5 fully saturated rings. The van der Waals surface area contributed by atoms with Crippen molar-refractivity contribution in [2.45, 2.75) is 236 Å². The highest BCUT2D eigenvalue weighted by Crippen LogP contribution is 2.46. The highest BCUT2D eigenvalue weighted by atomic mass is 31.2. The van der Waals surface area contributed by atoms with Gasteiger partial charge in [-0.3, -0.25) is 28.5 Å². The minimum absolute atomic E-state index is 0.0256. The van der Waals surface area contributed by atoms with E-state index in [0.717, 1.165) is 31.3 Å². The number of ether oxygens (including phenoxy) is 8. The van der Waals surface area contributed by atoms with Crippen molar-refractivity contribution in [3.63, 3.8) is 0 Å². The number of aromatic nitrogens is 3. The van der Waals surface area contributed by atoms with E-state index < -0.39 is 71.8 Å². The van der Waals surface area contributed by atoms with Crippen molar-refractivity contribution in [3.05, 3.63) is 29.9 Å². The summed E-state index contributed by atoms with van der Waals surface area (Å²) in [6.07, 6.45) is 2.72. The Labute approximate surface area is 627 Å². The molecule has 0 aliphatic carbocycles. The summed E-state index contributed by atoms with van der Waals surface area (Å²) in [5.74, 6) is -0.994. The minimum Gasteiger partial charge on any atom is -0.481 e. The molecule has 1 N–H and O–H groups in total. The highest BCUT2D eigenvalue weighted by molar-refractivity contribution is 7.54. The van der Waals surface area contributed by atoms with Crippen LogP contribution in [0.15, 0.2) is 11.6 Å². The van der Waals surface area contributed by atoms with Gasteiger partial charge in [-0.1, -0.05) is 5.57 Å². The Morgan fingerprint density at radius 3 is 0.981 bits per heavy atom. The highest BCUT2D eigenvalue weighted by Gasteiger charge is 2.33. The van der Waals surface area contributed by atoms with Crippen LogP contribution in [0, 0.1) is 36.0 Å².